The van der Waals surface area contributed by atoms with Crippen LogP contribution in [0.25, 0.3) is 10.8 Å². The van der Waals surface area contributed by atoms with Crippen LogP contribution in [0.15, 0.2) is 47.3 Å². The fraction of sp³-hybridized carbons (Fsp3) is 0.238. The molecule has 0 saturated heterocycles. The fourth-order valence-electron chi connectivity index (χ4n) is 2.99. The second-order valence-corrected chi connectivity index (χ2v) is 6.56. The number of benzene rings is 2. The van der Waals surface area contributed by atoms with Crippen molar-refractivity contribution in [2.45, 2.75) is 33.4 Å². The largest absolute Gasteiger partial charge is 0.348 e. The summed E-state index contributed by atoms with van der Waals surface area (Å²) in [7, 11) is 0. The molecule has 136 valence electrons. The smallest absolute Gasteiger partial charge is 0.285 e. The Labute approximate surface area is 157 Å². The summed E-state index contributed by atoms with van der Waals surface area (Å²) in [6, 6.07) is 15.7. The minimum atomic E-state index is -0.547. The van der Waals surface area contributed by atoms with Crippen LogP contribution in [-0.4, -0.2) is 15.7 Å². The lowest BCUT2D eigenvalue weighted by Crippen LogP contribution is -2.36. The molecule has 1 unspecified atom stereocenters. The second-order valence-electron chi connectivity index (χ2n) is 6.56. The summed E-state index contributed by atoms with van der Waals surface area (Å²) in [5, 5.41) is 18.4. The molecule has 6 heteroatoms. The molecule has 1 N–H and O–H groups in total. The van der Waals surface area contributed by atoms with E-state index in [1.165, 1.54) is 0 Å². The Bertz CT molecular complexity index is 1130. The van der Waals surface area contributed by atoms with Crippen molar-refractivity contribution in [2.75, 3.05) is 0 Å². The van der Waals surface area contributed by atoms with Crippen LogP contribution in [0, 0.1) is 25.2 Å². The lowest BCUT2D eigenvalue weighted by Gasteiger charge is -2.16. The highest BCUT2D eigenvalue weighted by Crippen LogP contribution is 2.20. The molecule has 0 radical (unpaired) electrons. The molecule has 0 aliphatic rings. The first kappa shape index (κ1) is 18.3. The van der Waals surface area contributed by atoms with Crippen LogP contribution in [-0.2, 0) is 11.3 Å². The van der Waals surface area contributed by atoms with Gasteiger partial charge in [0.2, 0.25) is 5.91 Å². The predicted molar refractivity (Wildman–Crippen MR) is 103 cm³/mol. The maximum Gasteiger partial charge on any atom is 0.285 e. The van der Waals surface area contributed by atoms with Crippen molar-refractivity contribution in [1.29, 1.82) is 5.26 Å². The summed E-state index contributed by atoms with van der Waals surface area (Å²) >= 11 is 0. The monoisotopic (exact) mass is 360 g/mol. The normalized spacial score (nSPS) is 11.8. The average Bonchev–Trinajstić information content (AvgIpc) is 2.66. The zero-order chi connectivity index (χ0) is 19.6. The van der Waals surface area contributed by atoms with Crippen molar-refractivity contribution in [3.05, 3.63) is 75.2 Å². The van der Waals surface area contributed by atoms with E-state index in [2.05, 4.69) is 10.4 Å². The molecule has 0 aliphatic carbocycles. The van der Waals surface area contributed by atoms with Gasteiger partial charge in [-0.2, -0.15) is 10.4 Å². The van der Waals surface area contributed by atoms with E-state index in [1.54, 1.807) is 13.8 Å². The lowest BCUT2D eigenvalue weighted by atomic mass is 10.0. The van der Waals surface area contributed by atoms with Crippen LogP contribution in [0.3, 0.4) is 0 Å². The summed E-state index contributed by atoms with van der Waals surface area (Å²) < 4.78 is 1.04. The van der Waals surface area contributed by atoms with Crippen molar-refractivity contribution < 1.29 is 4.79 Å². The Morgan fingerprint density at radius 2 is 1.93 bits per heavy atom. The van der Waals surface area contributed by atoms with Crippen LogP contribution in [0.2, 0.25) is 0 Å². The third kappa shape index (κ3) is 3.72. The number of amides is 1. The van der Waals surface area contributed by atoms with Gasteiger partial charge in [-0.25, -0.2) is 4.68 Å². The van der Waals surface area contributed by atoms with Gasteiger partial charge >= 0.3 is 0 Å². The van der Waals surface area contributed by atoms with Crippen LogP contribution in [0.5, 0.6) is 0 Å². The molecule has 1 atom stereocenters. The van der Waals surface area contributed by atoms with Crippen molar-refractivity contribution in [3.63, 3.8) is 0 Å². The number of rotatable bonds is 4. The molecular weight excluding hydrogens is 340 g/mol. The van der Waals surface area contributed by atoms with Crippen molar-refractivity contribution in [3.8, 4) is 6.07 Å². The number of carbonyl (C=O) groups excluding carboxylic acids is 1. The second kappa shape index (κ2) is 7.42. The van der Waals surface area contributed by atoms with Gasteiger partial charge in [-0.15, -0.1) is 0 Å². The molecule has 0 aliphatic heterocycles. The highest BCUT2D eigenvalue weighted by Gasteiger charge is 2.15. The van der Waals surface area contributed by atoms with Gasteiger partial charge in [0.25, 0.3) is 5.56 Å². The first-order valence-corrected chi connectivity index (χ1v) is 8.67. The average molecular weight is 360 g/mol. The molecule has 6 nitrogen and oxygen atoms in total. The van der Waals surface area contributed by atoms with Gasteiger partial charge in [-0.05, 0) is 48.7 Å². The maximum atomic E-state index is 12.4. The van der Waals surface area contributed by atoms with Crippen molar-refractivity contribution in [1.82, 2.24) is 15.1 Å². The molecule has 3 rings (SSSR count). The minimum Gasteiger partial charge on any atom is -0.348 e. The third-order valence-electron chi connectivity index (χ3n) is 4.69. The van der Waals surface area contributed by atoms with E-state index < -0.39 is 5.56 Å². The van der Waals surface area contributed by atoms with Gasteiger partial charge in [0, 0.05) is 0 Å². The minimum absolute atomic E-state index is 0.0258. The van der Waals surface area contributed by atoms with Crippen LogP contribution < -0.4 is 10.9 Å². The van der Waals surface area contributed by atoms with Crippen LogP contribution in [0.1, 0.15) is 35.3 Å². The van der Waals surface area contributed by atoms with E-state index in [9.17, 15) is 14.9 Å². The lowest BCUT2D eigenvalue weighted by molar-refractivity contribution is -0.122. The summed E-state index contributed by atoms with van der Waals surface area (Å²) in [6.45, 7) is 5.04. The summed E-state index contributed by atoms with van der Waals surface area (Å²) in [5.41, 5.74) is 1.55. The number of aromatic nitrogens is 2. The number of fused-ring (bicyclic) bond motifs is 1. The van der Waals surface area contributed by atoms with E-state index in [1.807, 2.05) is 55.5 Å². The zero-order valence-corrected chi connectivity index (χ0v) is 15.5. The number of carbonyl (C=O) groups is 1. The highest BCUT2D eigenvalue weighted by molar-refractivity contribution is 5.83. The molecule has 27 heavy (non-hydrogen) atoms. The summed E-state index contributed by atoms with van der Waals surface area (Å²) in [4.78, 5) is 24.7. The molecule has 3 aromatic rings. The molecule has 0 spiro atoms. The molecule has 1 heterocycles. The quantitative estimate of drug-likeness (QED) is 0.775. The first-order valence-electron chi connectivity index (χ1n) is 8.67. The van der Waals surface area contributed by atoms with Crippen molar-refractivity contribution in [2.24, 2.45) is 0 Å². The maximum absolute atomic E-state index is 12.4. The molecule has 1 amide bonds. The van der Waals surface area contributed by atoms with Gasteiger partial charge in [-0.1, -0.05) is 36.4 Å². The van der Waals surface area contributed by atoms with Gasteiger partial charge in [0.1, 0.15) is 18.2 Å². The number of nitriles is 1. The van der Waals surface area contributed by atoms with E-state index in [4.69, 9.17) is 0 Å². The third-order valence-corrected chi connectivity index (χ3v) is 4.69. The fourth-order valence-corrected chi connectivity index (χ4v) is 2.99. The Morgan fingerprint density at radius 1 is 1.22 bits per heavy atom. The topological polar surface area (TPSA) is 87.8 Å². The summed E-state index contributed by atoms with van der Waals surface area (Å²) in [6.07, 6.45) is 0. The molecular formula is C21H20N4O2. The molecule has 0 bridgehead atoms. The first-order chi connectivity index (χ1) is 12.9. The standard InChI is InChI=1S/C21H20N4O2/c1-13-14(2)24-25(21(27)19(13)11-22)12-20(26)23-15(3)17-9-8-16-6-4-5-7-18(16)10-17/h4-10,15H,12H2,1-3H3,(H,23,26). The molecule has 0 fully saturated rings. The van der Waals surface area contributed by atoms with Crippen LogP contribution in [0.4, 0.5) is 0 Å². The van der Waals surface area contributed by atoms with E-state index in [0.29, 0.717) is 11.3 Å². The number of aryl methyl sites for hydroxylation is 1. The molecule has 1 aromatic heterocycles. The Balaban J connectivity index is 1.78. The van der Waals surface area contributed by atoms with Crippen molar-refractivity contribution >= 4 is 16.7 Å². The van der Waals surface area contributed by atoms with E-state index in [-0.39, 0.29) is 24.1 Å². The number of hydrogen-bond donors (Lipinski definition) is 1. The number of nitrogens with zero attached hydrogens (tertiary/aromatic N) is 3. The predicted octanol–water partition coefficient (Wildman–Crippen LogP) is 2.76. The summed E-state index contributed by atoms with van der Waals surface area (Å²) in [5.74, 6) is -0.336. The highest BCUT2D eigenvalue weighted by atomic mass is 16.2. The molecule has 2 aromatic carbocycles. The van der Waals surface area contributed by atoms with E-state index in [0.717, 1.165) is 21.0 Å². The Hall–Kier alpha value is -3.46. The Kier molecular flexibility index (Phi) is 5.04. The van der Waals surface area contributed by atoms with Gasteiger partial charge in [0.15, 0.2) is 0 Å². The zero-order valence-electron chi connectivity index (χ0n) is 15.5. The van der Waals surface area contributed by atoms with Gasteiger partial charge < -0.3 is 5.32 Å². The van der Waals surface area contributed by atoms with Gasteiger partial charge in [-0.3, -0.25) is 9.59 Å². The molecule has 0 saturated carbocycles. The Morgan fingerprint density at radius 3 is 2.63 bits per heavy atom. The van der Waals surface area contributed by atoms with Gasteiger partial charge in [0.05, 0.1) is 11.7 Å². The number of nitrogens with one attached hydrogen (secondary N) is 1. The SMILES string of the molecule is Cc1nn(CC(=O)NC(C)c2ccc3ccccc3c2)c(=O)c(C#N)c1C. The number of hydrogen-bond acceptors (Lipinski definition) is 4. The van der Waals surface area contributed by atoms with E-state index >= 15 is 0 Å². The van der Waals surface area contributed by atoms with Crippen LogP contribution >= 0.6 is 0 Å².